The molecule has 4 saturated carbocycles. The molecule has 1 aromatic rings. The van der Waals surface area contributed by atoms with E-state index in [1.807, 2.05) is 47.6 Å². The normalized spacial score (nSPS) is 40.3. The first-order valence-electron chi connectivity index (χ1n) is 15.4. The van der Waals surface area contributed by atoms with Crippen LogP contribution in [0, 0.1) is 28.6 Å². The van der Waals surface area contributed by atoms with Gasteiger partial charge in [0.25, 0.3) is 0 Å². The third-order valence-electron chi connectivity index (χ3n) is 11.0. The Kier molecular flexibility index (Phi) is 7.65. The maximum atomic E-state index is 13.8. The molecular formula is C32H51O7P. The van der Waals surface area contributed by atoms with E-state index in [2.05, 4.69) is 13.8 Å². The number of fused-ring (bicyclic) bond motifs is 5. The maximum absolute atomic E-state index is 13.8. The van der Waals surface area contributed by atoms with E-state index in [9.17, 15) is 14.5 Å². The van der Waals surface area contributed by atoms with Crippen LogP contribution in [-0.4, -0.2) is 28.0 Å². The van der Waals surface area contributed by atoms with Crippen LogP contribution in [0.4, 0.5) is 0 Å². The van der Waals surface area contributed by atoms with E-state index in [4.69, 9.17) is 18.0 Å². The van der Waals surface area contributed by atoms with Crippen molar-refractivity contribution >= 4 is 7.82 Å². The SMILES string of the molecule is CC(C)(C)OP(=O)(O[C@H]1CC[C@@]2(C)[C@H](CC[C@@H]3[C@@H]2CC[C@]2(C)[C@@H](c4ccc(=O)oc4)CC[C@]32O)C1)OC(C)(C)C. The minimum absolute atomic E-state index is 0.108. The summed E-state index contributed by atoms with van der Waals surface area (Å²) in [6, 6.07) is 3.40. The van der Waals surface area contributed by atoms with Gasteiger partial charge in [-0.2, -0.15) is 0 Å². The summed E-state index contributed by atoms with van der Waals surface area (Å²) in [6.45, 7) is 15.9. The lowest BCUT2D eigenvalue weighted by atomic mass is 9.43. The standard InChI is InChI=1S/C32H51O7P/c1-28(2,3)38-40(35,39-29(4,5)6)37-23-13-16-30(7)22(19-23)10-11-26-25(30)14-17-31(8)24(15-18-32(26,31)34)21-9-12-27(33)36-20-21/h9,12,20,22-26,34H,10-11,13-19H2,1-8H3/t22-,23+,24-,25+,26-,30+,31-,32+/m1/s1. The summed E-state index contributed by atoms with van der Waals surface area (Å²) in [6.07, 6.45) is 9.85. The number of phosphoric acid groups is 1. The summed E-state index contributed by atoms with van der Waals surface area (Å²) >= 11 is 0. The van der Waals surface area contributed by atoms with Gasteiger partial charge in [-0.05, 0) is 140 Å². The molecule has 0 bridgehead atoms. The predicted molar refractivity (Wildman–Crippen MR) is 155 cm³/mol. The van der Waals surface area contributed by atoms with E-state index in [-0.39, 0.29) is 34.4 Å². The van der Waals surface area contributed by atoms with Crippen molar-refractivity contribution in [2.45, 2.75) is 142 Å². The Morgan fingerprint density at radius 2 is 1.57 bits per heavy atom. The molecule has 0 aliphatic heterocycles. The van der Waals surface area contributed by atoms with Crippen LogP contribution in [-0.2, 0) is 18.1 Å². The zero-order valence-corrected chi connectivity index (χ0v) is 26.7. The van der Waals surface area contributed by atoms with Crippen LogP contribution in [0.5, 0.6) is 0 Å². The van der Waals surface area contributed by atoms with Gasteiger partial charge in [-0.1, -0.05) is 13.8 Å². The minimum atomic E-state index is -3.77. The summed E-state index contributed by atoms with van der Waals surface area (Å²) in [5.41, 5.74) is -1.46. The minimum Gasteiger partial charge on any atom is -0.431 e. The molecule has 4 aliphatic rings. The first kappa shape index (κ1) is 30.5. The van der Waals surface area contributed by atoms with Gasteiger partial charge >= 0.3 is 13.4 Å². The summed E-state index contributed by atoms with van der Waals surface area (Å²) in [5, 5.41) is 12.5. The molecule has 8 heteroatoms. The molecule has 0 radical (unpaired) electrons. The number of hydrogen-bond acceptors (Lipinski definition) is 7. The maximum Gasteiger partial charge on any atom is 0.476 e. The molecule has 0 spiro atoms. The van der Waals surface area contributed by atoms with Gasteiger partial charge in [0.2, 0.25) is 0 Å². The van der Waals surface area contributed by atoms with Crippen LogP contribution in [0.25, 0.3) is 0 Å². The molecular weight excluding hydrogens is 527 g/mol. The smallest absolute Gasteiger partial charge is 0.431 e. The van der Waals surface area contributed by atoms with Crippen LogP contribution in [0.1, 0.15) is 125 Å². The molecule has 1 heterocycles. The van der Waals surface area contributed by atoms with E-state index in [0.29, 0.717) is 11.8 Å². The van der Waals surface area contributed by atoms with Crippen molar-refractivity contribution in [3.05, 3.63) is 34.4 Å². The molecule has 1 N–H and O–H groups in total. The van der Waals surface area contributed by atoms with Crippen molar-refractivity contribution in [3.63, 3.8) is 0 Å². The highest BCUT2D eigenvalue weighted by molar-refractivity contribution is 7.48. The second kappa shape index (κ2) is 10.0. The topological polar surface area (TPSA) is 95.2 Å². The first-order chi connectivity index (χ1) is 18.4. The zero-order chi connectivity index (χ0) is 29.4. The number of aliphatic hydroxyl groups is 1. The Morgan fingerprint density at radius 3 is 2.17 bits per heavy atom. The van der Waals surface area contributed by atoms with Crippen LogP contribution in [0.15, 0.2) is 27.6 Å². The molecule has 1 aromatic heterocycles. The predicted octanol–water partition coefficient (Wildman–Crippen LogP) is 8.00. The summed E-state index contributed by atoms with van der Waals surface area (Å²) < 4.78 is 37.2. The Bertz CT molecular complexity index is 1160. The van der Waals surface area contributed by atoms with Crippen LogP contribution >= 0.6 is 7.82 Å². The van der Waals surface area contributed by atoms with Crippen LogP contribution < -0.4 is 5.63 Å². The highest BCUT2D eigenvalue weighted by Crippen LogP contribution is 2.71. The molecule has 4 fully saturated rings. The molecule has 0 saturated heterocycles. The highest BCUT2D eigenvalue weighted by Gasteiger charge is 2.67. The monoisotopic (exact) mass is 578 g/mol. The van der Waals surface area contributed by atoms with Gasteiger partial charge in [-0.15, -0.1) is 0 Å². The molecule has 7 nitrogen and oxygen atoms in total. The van der Waals surface area contributed by atoms with E-state index < -0.39 is 24.6 Å². The second-order valence-corrected chi connectivity index (χ2v) is 17.2. The molecule has 0 unspecified atom stereocenters. The molecule has 0 amide bonds. The van der Waals surface area contributed by atoms with Gasteiger partial charge in [0.05, 0.1) is 29.2 Å². The fourth-order valence-electron chi connectivity index (χ4n) is 9.30. The van der Waals surface area contributed by atoms with Gasteiger partial charge in [0.1, 0.15) is 0 Å². The fourth-order valence-corrected chi connectivity index (χ4v) is 11.3. The molecule has 5 rings (SSSR count). The fraction of sp³-hybridized carbons (Fsp3) is 0.844. The molecule has 226 valence electrons. The molecule has 4 aliphatic carbocycles. The summed E-state index contributed by atoms with van der Waals surface area (Å²) in [4.78, 5) is 11.6. The van der Waals surface area contributed by atoms with E-state index in [0.717, 1.165) is 63.4 Å². The van der Waals surface area contributed by atoms with Crippen molar-refractivity contribution in [2.75, 3.05) is 0 Å². The Labute approximate surface area is 240 Å². The molecule has 0 aromatic carbocycles. The van der Waals surface area contributed by atoms with Crippen LogP contribution in [0.2, 0.25) is 0 Å². The Balaban J connectivity index is 1.33. The van der Waals surface area contributed by atoms with Crippen molar-refractivity contribution in [1.82, 2.24) is 0 Å². The largest absolute Gasteiger partial charge is 0.476 e. The quantitative estimate of drug-likeness (QED) is 0.354. The van der Waals surface area contributed by atoms with Gasteiger partial charge in [-0.25, -0.2) is 9.36 Å². The third kappa shape index (κ3) is 5.43. The van der Waals surface area contributed by atoms with Crippen molar-refractivity contribution in [2.24, 2.45) is 28.6 Å². The molecule has 8 atom stereocenters. The number of phosphoric ester groups is 1. The van der Waals surface area contributed by atoms with Gasteiger partial charge in [0.15, 0.2) is 0 Å². The highest BCUT2D eigenvalue weighted by atomic mass is 31.2. The molecule has 40 heavy (non-hydrogen) atoms. The summed E-state index contributed by atoms with van der Waals surface area (Å²) in [5.74, 6) is 1.34. The van der Waals surface area contributed by atoms with Crippen LogP contribution in [0.3, 0.4) is 0 Å². The Hall–Kier alpha value is -0.980. The lowest BCUT2D eigenvalue weighted by molar-refractivity contribution is -0.205. The van der Waals surface area contributed by atoms with Gasteiger partial charge in [-0.3, -0.25) is 13.6 Å². The third-order valence-corrected chi connectivity index (χ3v) is 13.1. The number of hydrogen-bond donors (Lipinski definition) is 1. The second-order valence-electron chi connectivity index (χ2n) is 15.7. The van der Waals surface area contributed by atoms with Gasteiger partial charge in [0, 0.05) is 11.5 Å². The van der Waals surface area contributed by atoms with Crippen molar-refractivity contribution in [3.8, 4) is 0 Å². The number of rotatable bonds is 5. The van der Waals surface area contributed by atoms with Crippen molar-refractivity contribution in [1.29, 1.82) is 0 Å². The average molecular weight is 579 g/mol. The first-order valence-corrected chi connectivity index (χ1v) is 16.8. The van der Waals surface area contributed by atoms with Gasteiger partial charge < -0.3 is 9.52 Å². The lowest BCUT2D eigenvalue weighted by Gasteiger charge is -2.63. The zero-order valence-electron chi connectivity index (χ0n) is 25.8. The van der Waals surface area contributed by atoms with E-state index in [1.54, 1.807) is 6.26 Å². The van der Waals surface area contributed by atoms with E-state index in [1.165, 1.54) is 6.07 Å². The Morgan fingerprint density at radius 1 is 0.900 bits per heavy atom. The average Bonchev–Trinajstić information content (AvgIpc) is 3.08. The van der Waals surface area contributed by atoms with Crippen molar-refractivity contribution < 1.29 is 27.7 Å². The lowest BCUT2D eigenvalue weighted by Crippen LogP contribution is -2.62. The summed E-state index contributed by atoms with van der Waals surface area (Å²) in [7, 11) is -3.77. The van der Waals surface area contributed by atoms with E-state index >= 15 is 0 Å².